The highest BCUT2D eigenvalue weighted by Gasteiger charge is 2.23. The molecule has 0 aliphatic heterocycles. The largest absolute Gasteiger partial charge is 0.474 e. The van der Waals surface area contributed by atoms with E-state index in [2.05, 4.69) is 0 Å². The molecule has 3 rings (SSSR count). The number of carbonyl (C=O) groups excluding carboxylic acids is 1. The van der Waals surface area contributed by atoms with Gasteiger partial charge < -0.3 is 9.47 Å². The number of hydrogen-bond acceptors (Lipinski definition) is 3. The van der Waals surface area contributed by atoms with Crippen molar-refractivity contribution < 1.29 is 14.3 Å². The van der Waals surface area contributed by atoms with E-state index in [-0.39, 0.29) is 0 Å². The molecule has 0 saturated carbocycles. The van der Waals surface area contributed by atoms with Gasteiger partial charge in [-0.05, 0) is 23.3 Å². The second kappa shape index (κ2) is 7.47. The first-order valence-corrected chi connectivity index (χ1v) is 7.73. The van der Waals surface area contributed by atoms with E-state index >= 15 is 0 Å². The highest BCUT2D eigenvalue weighted by atomic mass is 16.6. The molecule has 0 aliphatic carbocycles. The van der Waals surface area contributed by atoms with Gasteiger partial charge in [-0.1, -0.05) is 72.8 Å². The van der Waals surface area contributed by atoms with Gasteiger partial charge in [0.2, 0.25) is 6.10 Å². The molecule has 0 aliphatic rings. The van der Waals surface area contributed by atoms with Gasteiger partial charge in [-0.3, -0.25) is 0 Å². The van der Waals surface area contributed by atoms with E-state index in [9.17, 15) is 4.79 Å². The van der Waals surface area contributed by atoms with Crippen LogP contribution in [-0.2, 0) is 9.53 Å². The number of rotatable bonds is 5. The number of methoxy groups -OCH3 is 1. The summed E-state index contributed by atoms with van der Waals surface area (Å²) in [5, 5.41) is 0. The number of esters is 1. The summed E-state index contributed by atoms with van der Waals surface area (Å²) < 4.78 is 10.7. The van der Waals surface area contributed by atoms with E-state index in [0.717, 1.165) is 16.7 Å². The molecule has 0 heterocycles. The minimum Gasteiger partial charge on any atom is -0.474 e. The average molecular weight is 318 g/mol. The lowest BCUT2D eigenvalue weighted by atomic mass is 10.0. The van der Waals surface area contributed by atoms with Gasteiger partial charge >= 0.3 is 5.97 Å². The maximum absolute atomic E-state index is 12.1. The Kier molecular flexibility index (Phi) is 4.92. The van der Waals surface area contributed by atoms with Crippen LogP contribution in [0.3, 0.4) is 0 Å². The van der Waals surface area contributed by atoms with Crippen LogP contribution in [0.5, 0.6) is 5.75 Å². The van der Waals surface area contributed by atoms with E-state index in [1.165, 1.54) is 7.11 Å². The highest BCUT2D eigenvalue weighted by Crippen LogP contribution is 2.26. The summed E-state index contributed by atoms with van der Waals surface area (Å²) in [7, 11) is 1.36. The number of para-hydroxylation sites is 1. The standard InChI is InChI=1S/C21H18O3/c1-23-21(22)20(24-19-10-6-3-7-11-19)18-14-12-17(13-15-18)16-8-4-2-5-9-16/h2-15,20H,1H3. The van der Waals surface area contributed by atoms with E-state index in [4.69, 9.17) is 9.47 Å². The molecule has 3 aromatic rings. The molecule has 1 unspecified atom stereocenters. The van der Waals surface area contributed by atoms with Gasteiger partial charge in [-0.15, -0.1) is 0 Å². The van der Waals surface area contributed by atoms with E-state index in [1.54, 1.807) is 0 Å². The fraction of sp³-hybridized carbons (Fsp3) is 0.0952. The SMILES string of the molecule is COC(=O)C(Oc1ccccc1)c1ccc(-c2ccccc2)cc1. The van der Waals surface area contributed by atoms with Crippen LogP contribution in [0.2, 0.25) is 0 Å². The zero-order chi connectivity index (χ0) is 16.8. The summed E-state index contributed by atoms with van der Waals surface area (Å²) in [6, 6.07) is 27.1. The Morgan fingerprint density at radius 3 is 1.88 bits per heavy atom. The predicted molar refractivity (Wildman–Crippen MR) is 93.7 cm³/mol. The van der Waals surface area contributed by atoms with Gasteiger partial charge in [-0.2, -0.15) is 0 Å². The Labute approximate surface area is 141 Å². The molecule has 0 spiro atoms. The number of ether oxygens (including phenoxy) is 2. The Morgan fingerprint density at radius 2 is 1.29 bits per heavy atom. The molecule has 0 N–H and O–H groups in total. The normalized spacial score (nSPS) is 11.5. The van der Waals surface area contributed by atoms with Crippen LogP contribution in [0.1, 0.15) is 11.7 Å². The van der Waals surface area contributed by atoms with Crippen LogP contribution in [-0.4, -0.2) is 13.1 Å². The topological polar surface area (TPSA) is 35.5 Å². The lowest BCUT2D eigenvalue weighted by molar-refractivity contribution is -0.149. The Balaban J connectivity index is 1.86. The van der Waals surface area contributed by atoms with Crippen LogP contribution >= 0.6 is 0 Å². The minimum atomic E-state index is -0.790. The van der Waals surface area contributed by atoms with Gasteiger partial charge in [0.25, 0.3) is 0 Å². The molecule has 120 valence electrons. The van der Waals surface area contributed by atoms with Crippen molar-refractivity contribution in [2.24, 2.45) is 0 Å². The van der Waals surface area contributed by atoms with Crippen LogP contribution in [0.4, 0.5) is 0 Å². The van der Waals surface area contributed by atoms with Crippen molar-refractivity contribution in [1.29, 1.82) is 0 Å². The molecule has 0 aromatic heterocycles. The Bertz CT molecular complexity index is 780. The van der Waals surface area contributed by atoms with Crippen LogP contribution in [0.25, 0.3) is 11.1 Å². The van der Waals surface area contributed by atoms with Crippen LogP contribution in [0, 0.1) is 0 Å². The molecule has 0 saturated heterocycles. The molecule has 0 fully saturated rings. The predicted octanol–water partition coefficient (Wildman–Crippen LogP) is 4.65. The third-order valence-electron chi connectivity index (χ3n) is 3.73. The molecule has 0 radical (unpaired) electrons. The first-order chi connectivity index (χ1) is 11.8. The van der Waals surface area contributed by atoms with Crippen molar-refractivity contribution in [1.82, 2.24) is 0 Å². The summed E-state index contributed by atoms with van der Waals surface area (Å²) in [5.74, 6) is 0.200. The quantitative estimate of drug-likeness (QED) is 0.643. The molecule has 0 bridgehead atoms. The van der Waals surface area contributed by atoms with Crippen molar-refractivity contribution in [2.45, 2.75) is 6.10 Å². The Morgan fingerprint density at radius 1 is 0.750 bits per heavy atom. The summed E-state index contributed by atoms with van der Waals surface area (Å²) in [4.78, 5) is 12.1. The maximum Gasteiger partial charge on any atom is 0.351 e. The van der Waals surface area contributed by atoms with Gasteiger partial charge in [0.15, 0.2) is 0 Å². The molecule has 0 amide bonds. The fourth-order valence-corrected chi connectivity index (χ4v) is 2.48. The average Bonchev–Trinajstić information content (AvgIpc) is 2.67. The first kappa shape index (κ1) is 15.8. The van der Waals surface area contributed by atoms with Gasteiger partial charge in [0, 0.05) is 5.56 Å². The van der Waals surface area contributed by atoms with E-state index < -0.39 is 12.1 Å². The maximum atomic E-state index is 12.1. The molecular formula is C21H18O3. The second-order valence-electron chi connectivity index (χ2n) is 5.32. The van der Waals surface area contributed by atoms with Crippen LogP contribution in [0.15, 0.2) is 84.9 Å². The third kappa shape index (κ3) is 3.63. The summed E-state index contributed by atoms with van der Waals surface area (Å²) in [6.45, 7) is 0. The summed E-state index contributed by atoms with van der Waals surface area (Å²) >= 11 is 0. The molecule has 3 aromatic carbocycles. The number of carbonyl (C=O) groups is 1. The number of benzene rings is 3. The van der Waals surface area contributed by atoms with E-state index in [0.29, 0.717) is 5.75 Å². The van der Waals surface area contributed by atoms with E-state index in [1.807, 2.05) is 84.9 Å². The fourth-order valence-electron chi connectivity index (χ4n) is 2.48. The Hall–Kier alpha value is -3.07. The van der Waals surface area contributed by atoms with Crippen molar-refractivity contribution >= 4 is 5.97 Å². The lowest BCUT2D eigenvalue weighted by Crippen LogP contribution is -2.20. The highest BCUT2D eigenvalue weighted by molar-refractivity contribution is 5.77. The van der Waals surface area contributed by atoms with Gasteiger partial charge in [0.05, 0.1) is 7.11 Å². The molecule has 24 heavy (non-hydrogen) atoms. The minimum absolute atomic E-state index is 0.425. The number of hydrogen-bond donors (Lipinski definition) is 0. The zero-order valence-corrected chi connectivity index (χ0v) is 13.4. The first-order valence-electron chi connectivity index (χ1n) is 7.73. The molecular weight excluding hydrogens is 300 g/mol. The lowest BCUT2D eigenvalue weighted by Gasteiger charge is -2.17. The smallest absolute Gasteiger partial charge is 0.351 e. The van der Waals surface area contributed by atoms with Crippen LogP contribution < -0.4 is 4.74 Å². The second-order valence-corrected chi connectivity index (χ2v) is 5.32. The third-order valence-corrected chi connectivity index (χ3v) is 3.73. The monoisotopic (exact) mass is 318 g/mol. The molecule has 3 nitrogen and oxygen atoms in total. The summed E-state index contributed by atoms with van der Waals surface area (Å²) in [5.41, 5.74) is 2.97. The van der Waals surface area contributed by atoms with Crippen molar-refractivity contribution in [3.63, 3.8) is 0 Å². The van der Waals surface area contributed by atoms with Gasteiger partial charge in [-0.25, -0.2) is 4.79 Å². The molecule has 1 atom stereocenters. The van der Waals surface area contributed by atoms with Crippen molar-refractivity contribution in [3.8, 4) is 16.9 Å². The summed E-state index contributed by atoms with van der Waals surface area (Å²) in [6.07, 6.45) is -0.790. The zero-order valence-electron chi connectivity index (χ0n) is 13.4. The van der Waals surface area contributed by atoms with Crippen molar-refractivity contribution in [3.05, 3.63) is 90.5 Å². The van der Waals surface area contributed by atoms with Gasteiger partial charge in [0.1, 0.15) is 5.75 Å². The van der Waals surface area contributed by atoms with Crippen molar-refractivity contribution in [2.75, 3.05) is 7.11 Å². The molecule has 3 heteroatoms.